The maximum atomic E-state index is 12.3. The Morgan fingerprint density at radius 2 is 1.71 bits per heavy atom. The SMILES string of the molecule is CC(C)NC(=O)Nc1ccccc1C(=O)OCC(=O)NCc1ccc(Cl)cc1. The smallest absolute Gasteiger partial charge is 0.340 e. The van der Waals surface area contributed by atoms with E-state index in [9.17, 15) is 14.4 Å². The average Bonchev–Trinajstić information content (AvgIpc) is 2.65. The van der Waals surface area contributed by atoms with Gasteiger partial charge in [0.2, 0.25) is 0 Å². The maximum Gasteiger partial charge on any atom is 0.340 e. The van der Waals surface area contributed by atoms with Crippen LogP contribution in [0.2, 0.25) is 5.02 Å². The van der Waals surface area contributed by atoms with Gasteiger partial charge in [-0.15, -0.1) is 0 Å². The Kier molecular flexibility index (Phi) is 7.83. The van der Waals surface area contributed by atoms with Crippen LogP contribution >= 0.6 is 11.6 Å². The minimum atomic E-state index is -0.706. The van der Waals surface area contributed by atoms with E-state index in [4.69, 9.17) is 16.3 Å². The first-order valence-corrected chi connectivity index (χ1v) is 9.07. The van der Waals surface area contributed by atoms with Crippen molar-refractivity contribution in [3.8, 4) is 0 Å². The third-order valence-electron chi connectivity index (χ3n) is 3.55. The van der Waals surface area contributed by atoms with E-state index in [0.717, 1.165) is 5.56 Å². The summed E-state index contributed by atoms with van der Waals surface area (Å²) in [7, 11) is 0. The van der Waals surface area contributed by atoms with Gasteiger partial charge in [-0.1, -0.05) is 35.9 Å². The maximum absolute atomic E-state index is 12.3. The number of carbonyl (C=O) groups excluding carboxylic acids is 3. The van der Waals surface area contributed by atoms with E-state index in [1.165, 1.54) is 6.07 Å². The van der Waals surface area contributed by atoms with E-state index in [1.54, 1.807) is 42.5 Å². The first-order valence-electron chi connectivity index (χ1n) is 8.70. The normalized spacial score (nSPS) is 10.3. The van der Waals surface area contributed by atoms with Gasteiger partial charge in [0.1, 0.15) is 0 Å². The number of anilines is 1. The van der Waals surface area contributed by atoms with Crippen molar-refractivity contribution in [1.29, 1.82) is 0 Å². The van der Waals surface area contributed by atoms with Crippen LogP contribution in [0.25, 0.3) is 0 Å². The Balaban J connectivity index is 1.87. The molecule has 0 bridgehead atoms. The molecule has 0 aromatic heterocycles. The third-order valence-corrected chi connectivity index (χ3v) is 3.80. The number of carbonyl (C=O) groups is 3. The summed E-state index contributed by atoms with van der Waals surface area (Å²) >= 11 is 5.81. The molecule has 3 amide bonds. The number of nitrogens with one attached hydrogen (secondary N) is 3. The van der Waals surface area contributed by atoms with Crippen LogP contribution in [-0.2, 0) is 16.1 Å². The van der Waals surface area contributed by atoms with Crippen molar-refractivity contribution < 1.29 is 19.1 Å². The van der Waals surface area contributed by atoms with Gasteiger partial charge in [-0.25, -0.2) is 9.59 Å². The Labute approximate surface area is 168 Å². The molecule has 0 radical (unpaired) electrons. The van der Waals surface area contributed by atoms with Gasteiger partial charge in [0, 0.05) is 17.6 Å². The van der Waals surface area contributed by atoms with E-state index in [0.29, 0.717) is 17.3 Å². The lowest BCUT2D eigenvalue weighted by atomic mass is 10.2. The number of hydrogen-bond donors (Lipinski definition) is 3. The van der Waals surface area contributed by atoms with Crippen LogP contribution in [0.4, 0.5) is 10.5 Å². The highest BCUT2D eigenvalue weighted by atomic mass is 35.5. The van der Waals surface area contributed by atoms with Gasteiger partial charge in [0.05, 0.1) is 11.3 Å². The highest BCUT2D eigenvalue weighted by molar-refractivity contribution is 6.30. The topological polar surface area (TPSA) is 96.5 Å². The van der Waals surface area contributed by atoms with Crippen LogP contribution in [0.1, 0.15) is 29.8 Å². The average molecular weight is 404 g/mol. The number of esters is 1. The molecule has 0 saturated carbocycles. The molecule has 148 valence electrons. The minimum Gasteiger partial charge on any atom is -0.452 e. The Bertz CT molecular complexity index is 838. The summed E-state index contributed by atoms with van der Waals surface area (Å²) in [5, 5.41) is 8.53. The minimum absolute atomic E-state index is 0.0524. The summed E-state index contributed by atoms with van der Waals surface area (Å²) in [5.41, 5.74) is 1.33. The Morgan fingerprint density at radius 3 is 2.39 bits per heavy atom. The van der Waals surface area contributed by atoms with E-state index in [2.05, 4.69) is 16.0 Å². The molecule has 0 unspecified atom stereocenters. The quantitative estimate of drug-likeness (QED) is 0.617. The molecule has 0 aliphatic heterocycles. The van der Waals surface area contributed by atoms with Crippen molar-refractivity contribution in [1.82, 2.24) is 10.6 Å². The lowest BCUT2D eigenvalue weighted by molar-refractivity contribution is -0.124. The molecule has 0 aliphatic rings. The number of benzene rings is 2. The molecular formula is C20H22ClN3O4. The predicted molar refractivity (Wildman–Crippen MR) is 107 cm³/mol. The van der Waals surface area contributed by atoms with Gasteiger partial charge < -0.3 is 20.7 Å². The number of ether oxygens (including phenoxy) is 1. The predicted octanol–water partition coefficient (Wildman–Crippen LogP) is 3.34. The summed E-state index contributed by atoms with van der Waals surface area (Å²) in [6, 6.07) is 13.0. The summed E-state index contributed by atoms with van der Waals surface area (Å²) in [6.07, 6.45) is 0. The lowest BCUT2D eigenvalue weighted by Gasteiger charge is -2.13. The van der Waals surface area contributed by atoms with Gasteiger partial charge in [0.15, 0.2) is 6.61 Å². The monoisotopic (exact) mass is 403 g/mol. The largest absolute Gasteiger partial charge is 0.452 e. The van der Waals surface area contributed by atoms with Gasteiger partial charge in [-0.3, -0.25) is 4.79 Å². The molecule has 0 aliphatic carbocycles. The summed E-state index contributed by atoms with van der Waals surface area (Å²) in [5.74, 6) is -1.15. The highest BCUT2D eigenvalue weighted by Crippen LogP contribution is 2.16. The molecule has 0 fully saturated rings. The van der Waals surface area contributed by atoms with Gasteiger partial charge in [-0.2, -0.15) is 0 Å². The van der Waals surface area contributed by atoms with Crippen molar-refractivity contribution >= 4 is 35.2 Å². The van der Waals surface area contributed by atoms with Crippen LogP contribution in [0, 0.1) is 0 Å². The lowest BCUT2D eigenvalue weighted by Crippen LogP contribution is -2.34. The standard InChI is InChI=1S/C20H22ClN3O4/c1-13(2)23-20(27)24-17-6-4-3-5-16(17)19(26)28-12-18(25)22-11-14-7-9-15(21)10-8-14/h3-10,13H,11-12H2,1-2H3,(H,22,25)(H2,23,24,27). The molecule has 2 aromatic carbocycles. The number of para-hydroxylation sites is 1. The van der Waals surface area contributed by atoms with Crippen molar-refractivity contribution in [2.45, 2.75) is 26.4 Å². The van der Waals surface area contributed by atoms with Crippen LogP contribution in [0.5, 0.6) is 0 Å². The molecule has 2 aromatic rings. The zero-order chi connectivity index (χ0) is 20.5. The molecule has 0 heterocycles. The summed E-state index contributed by atoms with van der Waals surface area (Å²) in [4.78, 5) is 36.1. The first kappa shape index (κ1) is 21.2. The van der Waals surface area contributed by atoms with Crippen LogP contribution in [0.15, 0.2) is 48.5 Å². The Hall–Kier alpha value is -3.06. The van der Waals surface area contributed by atoms with Crippen LogP contribution in [0.3, 0.4) is 0 Å². The van der Waals surface area contributed by atoms with E-state index >= 15 is 0 Å². The second-order valence-electron chi connectivity index (χ2n) is 6.28. The highest BCUT2D eigenvalue weighted by Gasteiger charge is 2.16. The second kappa shape index (κ2) is 10.3. The summed E-state index contributed by atoms with van der Waals surface area (Å²) in [6.45, 7) is 3.50. The fourth-order valence-electron chi connectivity index (χ4n) is 2.25. The molecule has 7 nitrogen and oxygen atoms in total. The second-order valence-corrected chi connectivity index (χ2v) is 6.71. The van der Waals surface area contributed by atoms with Crippen LogP contribution in [-0.4, -0.2) is 30.6 Å². The number of urea groups is 1. The number of halogens is 1. The fourth-order valence-corrected chi connectivity index (χ4v) is 2.38. The molecule has 0 atom stereocenters. The van der Waals surface area contributed by atoms with Crippen LogP contribution < -0.4 is 16.0 Å². The number of rotatable bonds is 7. The molecule has 8 heteroatoms. The third kappa shape index (κ3) is 6.92. The summed E-state index contributed by atoms with van der Waals surface area (Å²) < 4.78 is 5.06. The molecule has 0 saturated heterocycles. The Morgan fingerprint density at radius 1 is 1.04 bits per heavy atom. The molecule has 3 N–H and O–H groups in total. The van der Waals surface area contributed by atoms with Gasteiger partial charge in [0.25, 0.3) is 5.91 Å². The van der Waals surface area contributed by atoms with Gasteiger partial charge in [-0.05, 0) is 43.7 Å². The molecule has 0 spiro atoms. The van der Waals surface area contributed by atoms with Gasteiger partial charge >= 0.3 is 12.0 Å². The first-order chi connectivity index (χ1) is 13.3. The van der Waals surface area contributed by atoms with E-state index < -0.39 is 24.5 Å². The van der Waals surface area contributed by atoms with Crippen molar-refractivity contribution in [3.05, 3.63) is 64.7 Å². The number of amides is 3. The molecular weight excluding hydrogens is 382 g/mol. The molecule has 28 heavy (non-hydrogen) atoms. The zero-order valence-corrected chi connectivity index (χ0v) is 16.4. The van der Waals surface area contributed by atoms with E-state index in [-0.39, 0.29) is 11.6 Å². The molecule has 2 rings (SSSR count). The van der Waals surface area contributed by atoms with Crippen molar-refractivity contribution in [2.24, 2.45) is 0 Å². The van der Waals surface area contributed by atoms with Crippen molar-refractivity contribution in [2.75, 3.05) is 11.9 Å². The zero-order valence-electron chi connectivity index (χ0n) is 15.6. The van der Waals surface area contributed by atoms with E-state index in [1.807, 2.05) is 13.8 Å². The number of hydrogen-bond acceptors (Lipinski definition) is 4. The van der Waals surface area contributed by atoms with Crippen molar-refractivity contribution in [3.63, 3.8) is 0 Å². The fraction of sp³-hybridized carbons (Fsp3) is 0.250.